The van der Waals surface area contributed by atoms with Crippen LogP contribution in [-0.4, -0.2) is 52.8 Å². The van der Waals surface area contributed by atoms with E-state index in [0.717, 1.165) is 0 Å². The van der Waals surface area contributed by atoms with Gasteiger partial charge in [0.05, 0.1) is 25.3 Å². The van der Waals surface area contributed by atoms with Gasteiger partial charge in [-0.25, -0.2) is 4.98 Å². The van der Waals surface area contributed by atoms with Gasteiger partial charge in [-0.1, -0.05) is 27.7 Å². The molecule has 0 bridgehead atoms. The average molecular weight is 510 g/mol. The maximum absolute atomic E-state index is 12.9. The Hall–Kier alpha value is -3.34. The van der Waals surface area contributed by atoms with Crippen LogP contribution in [0.15, 0.2) is 34.9 Å². The number of likely N-dealkylation sites (N-methyl/N-ethyl adjacent to an activating group) is 1. The van der Waals surface area contributed by atoms with Crippen LogP contribution in [0.25, 0.3) is 11.3 Å². The summed E-state index contributed by atoms with van der Waals surface area (Å²) in [4.78, 5) is 14.7. The van der Waals surface area contributed by atoms with E-state index in [2.05, 4.69) is 20.3 Å². The Labute approximate surface area is 209 Å². The molecule has 1 aliphatic rings. The average Bonchev–Trinajstić information content (AvgIpc) is 3.21. The number of anilines is 2. The monoisotopic (exact) mass is 509 g/mol. The summed E-state index contributed by atoms with van der Waals surface area (Å²) >= 11 is 0. The standard InChI is InChI=1S/C21H22F3N5O3.2C2H6/c1-12-25-9-16(31-12)15-5-7-18(28-20(15)30-3)26-17-6-4-13-10-29(2)11-14(8-21(22,23)24)32-19(13)27-17;2*1-2/h4-7,9,14H,8,10-11H2,1-3H3,(H,26,27,28);2*1-2H3. The van der Waals surface area contributed by atoms with Crippen molar-refractivity contribution in [2.24, 2.45) is 0 Å². The van der Waals surface area contributed by atoms with E-state index in [4.69, 9.17) is 13.9 Å². The van der Waals surface area contributed by atoms with Crippen LogP contribution in [-0.2, 0) is 6.54 Å². The van der Waals surface area contributed by atoms with Crippen LogP contribution in [0.3, 0.4) is 0 Å². The summed E-state index contributed by atoms with van der Waals surface area (Å²) in [6.45, 7) is 10.3. The van der Waals surface area contributed by atoms with Crippen molar-refractivity contribution < 1.29 is 27.1 Å². The Balaban J connectivity index is 0.00000109. The minimum Gasteiger partial charge on any atom is -0.480 e. The molecular formula is C25H34F3N5O3. The van der Waals surface area contributed by atoms with Crippen LogP contribution in [0.5, 0.6) is 11.8 Å². The van der Waals surface area contributed by atoms with Crippen molar-refractivity contribution >= 4 is 11.6 Å². The zero-order chi connectivity index (χ0) is 26.9. The van der Waals surface area contributed by atoms with Gasteiger partial charge < -0.3 is 19.2 Å². The van der Waals surface area contributed by atoms with Gasteiger partial charge in [0.15, 0.2) is 11.7 Å². The highest BCUT2D eigenvalue weighted by molar-refractivity contribution is 5.66. The maximum Gasteiger partial charge on any atom is 0.392 e. The number of hydrogen-bond acceptors (Lipinski definition) is 8. The molecule has 3 aromatic rings. The number of rotatable bonds is 5. The highest BCUT2D eigenvalue weighted by atomic mass is 19.4. The molecule has 1 N–H and O–H groups in total. The number of nitrogens with zero attached hydrogens (tertiary/aromatic N) is 4. The minimum absolute atomic E-state index is 0.153. The van der Waals surface area contributed by atoms with Crippen LogP contribution in [0.4, 0.5) is 24.8 Å². The summed E-state index contributed by atoms with van der Waals surface area (Å²) in [6.07, 6.45) is -4.82. The summed E-state index contributed by atoms with van der Waals surface area (Å²) in [5.41, 5.74) is 1.35. The smallest absolute Gasteiger partial charge is 0.392 e. The fourth-order valence-corrected chi connectivity index (χ4v) is 3.49. The van der Waals surface area contributed by atoms with Gasteiger partial charge in [-0.3, -0.25) is 4.90 Å². The lowest BCUT2D eigenvalue weighted by Gasteiger charge is -2.21. The van der Waals surface area contributed by atoms with Crippen molar-refractivity contribution in [3.05, 3.63) is 41.9 Å². The van der Waals surface area contributed by atoms with Crippen LogP contribution in [0.1, 0.15) is 45.6 Å². The Morgan fingerprint density at radius 3 is 2.36 bits per heavy atom. The lowest BCUT2D eigenvalue weighted by atomic mass is 10.2. The van der Waals surface area contributed by atoms with Crippen LogP contribution >= 0.6 is 0 Å². The Morgan fingerprint density at radius 1 is 1.08 bits per heavy atom. The van der Waals surface area contributed by atoms with Gasteiger partial charge in [-0.2, -0.15) is 23.1 Å². The molecular weight excluding hydrogens is 475 g/mol. The van der Waals surface area contributed by atoms with Gasteiger partial charge in [0.2, 0.25) is 11.8 Å². The Morgan fingerprint density at radius 2 is 1.75 bits per heavy atom. The number of hydrogen-bond donors (Lipinski definition) is 1. The van der Waals surface area contributed by atoms with Crippen LogP contribution < -0.4 is 14.8 Å². The molecule has 8 nitrogen and oxygen atoms in total. The zero-order valence-corrected chi connectivity index (χ0v) is 21.7. The summed E-state index contributed by atoms with van der Waals surface area (Å²) in [6, 6.07) is 6.98. The van der Waals surface area contributed by atoms with E-state index in [-0.39, 0.29) is 12.4 Å². The van der Waals surface area contributed by atoms with E-state index in [1.165, 1.54) is 7.11 Å². The first-order valence-electron chi connectivity index (χ1n) is 11.9. The van der Waals surface area contributed by atoms with Crippen LogP contribution in [0.2, 0.25) is 0 Å². The molecule has 1 atom stereocenters. The van der Waals surface area contributed by atoms with Crippen LogP contribution in [0, 0.1) is 6.92 Å². The number of fused-ring (bicyclic) bond motifs is 1. The fraction of sp³-hybridized carbons (Fsp3) is 0.480. The van der Waals surface area contributed by atoms with Crippen molar-refractivity contribution in [2.45, 2.75) is 59.9 Å². The zero-order valence-electron chi connectivity index (χ0n) is 21.7. The molecule has 0 aliphatic carbocycles. The van der Waals surface area contributed by atoms with E-state index in [0.29, 0.717) is 46.8 Å². The molecule has 0 saturated carbocycles. The van der Waals surface area contributed by atoms with Gasteiger partial charge >= 0.3 is 6.18 Å². The molecule has 1 unspecified atom stereocenters. The predicted molar refractivity (Wildman–Crippen MR) is 133 cm³/mol. The van der Waals surface area contributed by atoms with Crippen molar-refractivity contribution in [1.29, 1.82) is 0 Å². The molecule has 11 heteroatoms. The molecule has 0 fully saturated rings. The van der Waals surface area contributed by atoms with E-state index in [1.54, 1.807) is 49.3 Å². The maximum atomic E-state index is 12.9. The summed E-state index contributed by atoms with van der Waals surface area (Å²) in [5.74, 6) is 2.37. The first-order valence-corrected chi connectivity index (χ1v) is 11.9. The third-order valence-electron chi connectivity index (χ3n) is 4.83. The topological polar surface area (TPSA) is 85.5 Å². The lowest BCUT2D eigenvalue weighted by molar-refractivity contribution is -0.151. The summed E-state index contributed by atoms with van der Waals surface area (Å²) in [5, 5.41) is 3.04. The van der Waals surface area contributed by atoms with Crippen molar-refractivity contribution in [2.75, 3.05) is 26.0 Å². The number of aryl methyl sites for hydroxylation is 1. The van der Waals surface area contributed by atoms with E-state index in [1.807, 2.05) is 27.7 Å². The highest BCUT2D eigenvalue weighted by Crippen LogP contribution is 2.32. The number of nitrogens with one attached hydrogen (secondary N) is 1. The second-order valence-corrected chi connectivity index (χ2v) is 7.54. The minimum atomic E-state index is -4.32. The molecule has 0 amide bonds. The molecule has 0 saturated heterocycles. The Kier molecular flexibility index (Phi) is 10.5. The number of pyridine rings is 2. The molecule has 0 aromatic carbocycles. The third-order valence-corrected chi connectivity index (χ3v) is 4.83. The van der Waals surface area contributed by atoms with E-state index < -0.39 is 18.7 Å². The van der Waals surface area contributed by atoms with Gasteiger partial charge in [0.25, 0.3) is 0 Å². The summed E-state index contributed by atoms with van der Waals surface area (Å²) in [7, 11) is 3.24. The van der Waals surface area contributed by atoms with Crippen molar-refractivity contribution in [3.63, 3.8) is 0 Å². The first kappa shape index (κ1) is 28.9. The molecule has 0 spiro atoms. The van der Waals surface area contributed by atoms with Gasteiger partial charge in [0, 0.05) is 25.6 Å². The normalized spacial score (nSPS) is 15.2. The molecule has 198 valence electrons. The van der Waals surface area contributed by atoms with Crippen molar-refractivity contribution in [1.82, 2.24) is 19.9 Å². The highest BCUT2D eigenvalue weighted by Gasteiger charge is 2.35. The summed E-state index contributed by atoms with van der Waals surface area (Å²) < 4.78 is 55.3. The van der Waals surface area contributed by atoms with E-state index in [9.17, 15) is 13.2 Å². The number of ether oxygens (including phenoxy) is 2. The molecule has 3 aromatic heterocycles. The third kappa shape index (κ3) is 7.84. The SMILES string of the molecule is CC.CC.COc1nc(Nc2ccc3c(n2)OC(CC(F)(F)F)CN(C)C3)ccc1-c1cnc(C)o1. The predicted octanol–water partition coefficient (Wildman–Crippen LogP) is 6.39. The second kappa shape index (κ2) is 13.1. The lowest BCUT2D eigenvalue weighted by Crippen LogP contribution is -2.34. The van der Waals surface area contributed by atoms with Gasteiger partial charge in [-0.15, -0.1) is 0 Å². The van der Waals surface area contributed by atoms with Gasteiger partial charge in [0.1, 0.15) is 17.7 Å². The largest absolute Gasteiger partial charge is 0.480 e. The number of aromatic nitrogens is 3. The first-order chi connectivity index (χ1) is 17.2. The fourth-order valence-electron chi connectivity index (χ4n) is 3.49. The number of methoxy groups -OCH3 is 1. The Bertz CT molecular complexity index is 1100. The number of oxazole rings is 1. The molecule has 36 heavy (non-hydrogen) atoms. The van der Waals surface area contributed by atoms with Crippen molar-refractivity contribution in [3.8, 4) is 23.1 Å². The van der Waals surface area contributed by atoms with Gasteiger partial charge in [-0.05, 0) is 31.3 Å². The second-order valence-electron chi connectivity index (χ2n) is 7.54. The number of halogens is 3. The molecule has 0 radical (unpaired) electrons. The number of alkyl halides is 3. The molecule has 4 rings (SSSR count). The quantitative estimate of drug-likeness (QED) is 0.424. The van der Waals surface area contributed by atoms with E-state index >= 15 is 0 Å². The molecule has 4 heterocycles. The molecule has 1 aliphatic heterocycles.